The van der Waals surface area contributed by atoms with Crippen molar-refractivity contribution < 1.29 is 5.11 Å². The molecule has 0 amide bonds. The maximum Gasteiger partial charge on any atom is 0.146 e. The second kappa shape index (κ2) is 3.40. The van der Waals surface area contributed by atoms with Gasteiger partial charge in [-0.1, -0.05) is 0 Å². The molecule has 0 saturated carbocycles. The van der Waals surface area contributed by atoms with E-state index in [0.717, 1.165) is 15.6 Å². The number of thiol groups is 1. The van der Waals surface area contributed by atoms with Crippen LogP contribution in [0.3, 0.4) is 0 Å². The minimum Gasteiger partial charge on any atom is -0.505 e. The first kappa shape index (κ1) is 9.19. The first-order valence-electron chi connectivity index (χ1n) is 3.71. The van der Waals surface area contributed by atoms with Gasteiger partial charge in [0.05, 0.1) is 9.60 Å². The lowest BCUT2D eigenvalue weighted by Crippen LogP contribution is -1.81. The Bertz CT molecular complexity index is 450. The quantitative estimate of drug-likeness (QED) is 0.566. The molecule has 0 fully saturated rings. The smallest absolute Gasteiger partial charge is 0.146 e. The third kappa shape index (κ3) is 1.41. The van der Waals surface area contributed by atoms with Crippen LogP contribution in [0.5, 0.6) is 5.75 Å². The number of benzene rings is 1. The summed E-state index contributed by atoms with van der Waals surface area (Å²) in [5.74, 6) is 0.615. The van der Waals surface area contributed by atoms with Crippen molar-refractivity contribution in [3.05, 3.63) is 23.1 Å². The van der Waals surface area contributed by atoms with Crippen molar-refractivity contribution in [3.63, 3.8) is 0 Å². The largest absolute Gasteiger partial charge is 0.505 e. The molecule has 0 unspecified atom stereocenters. The summed E-state index contributed by atoms with van der Waals surface area (Å²) in [6.07, 6.45) is 0. The van der Waals surface area contributed by atoms with Crippen LogP contribution in [0.4, 0.5) is 0 Å². The van der Waals surface area contributed by atoms with Crippen molar-refractivity contribution in [1.82, 2.24) is 0 Å². The van der Waals surface area contributed by atoms with Gasteiger partial charge in [0.1, 0.15) is 5.75 Å². The minimum atomic E-state index is 0.242. The van der Waals surface area contributed by atoms with E-state index in [1.165, 1.54) is 11.3 Å². The van der Waals surface area contributed by atoms with E-state index >= 15 is 0 Å². The lowest BCUT2D eigenvalue weighted by atomic mass is 10.2. The number of fused-ring (bicyclic) bond motifs is 1. The molecule has 2 aromatic rings. The number of alkyl halides is 1. The zero-order valence-corrected chi connectivity index (χ0v) is 9.09. The maximum atomic E-state index is 9.73. The third-order valence-corrected chi connectivity index (χ3v) is 3.64. The Hall–Kier alpha value is -0.380. The van der Waals surface area contributed by atoms with Crippen LogP contribution in [0.25, 0.3) is 10.1 Å². The molecule has 0 aliphatic heterocycles. The lowest BCUT2D eigenvalue weighted by molar-refractivity contribution is 0.469. The van der Waals surface area contributed by atoms with Crippen LogP contribution in [0.15, 0.2) is 22.4 Å². The molecule has 1 heterocycles. The van der Waals surface area contributed by atoms with Gasteiger partial charge in [-0.05, 0) is 28.5 Å². The average molecular weight is 231 g/mol. The van der Waals surface area contributed by atoms with Crippen molar-refractivity contribution in [2.75, 3.05) is 0 Å². The van der Waals surface area contributed by atoms with Crippen LogP contribution < -0.4 is 0 Å². The zero-order valence-electron chi connectivity index (χ0n) is 6.62. The number of aromatic hydroxyl groups is 1. The number of thiophene rings is 1. The third-order valence-electron chi connectivity index (χ3n) is 1.91. The summed E-state index contributed by atoms with van der Waals surface area (Å²) in [4.78, 5) is 0.588. The summed E-state index contributed by atoms with van der Waals surface area (Å²) < 4.78 is 0.874. The molecule has 1 aromatic heterocycles. The van der Waals surface area contributed by atoms with Crippen LogP contribution in [-0.2, 0) is 5.88 Å². The molecule has 1 N–H and O–H groups in total. The second-order valence-corrected chi connectivity index (χ2v) is 4.34. The SMILES string of the molecule is Oc1c(S)c(CCl)cc2ccsc12. The Morgan fingerprint density at radius 3 is 3.00 bits per heavy atom. The Labute approximate surface area is 90.4 Å². The fourth-order valence-corrected chi connectivity index (χ4v) is 2.71. The Balaban J connectivity index is 2.83. The van der Waals surface area contributed by atoms with Crippen molar-refractivity contribution in [1.29, 1.82) is 0 Å². The van der Waals surface area contributed by atoms with Gasteiger partial charge in [0.2, 0.25) is 0 Å². The van der Waals surface area contributed by atoms with E-state index in [0.29, 0.717) is 10.8 Å². The molecule has 0 aliphatic rings. The Morgan fingerprint density at radius 1 is 1.54 bits per heavy atom. The average Bonchev–Trinajstić information content (AvgIpc) is 2.59. The molecule has 0 aliphatic carbocycles. The molecule has 4 heteroatoms. The van der Waals surface area contributed by atoms with Gasteiger partial charge in [0.25, 0.3) is 0 Å². The molecular formula is C9H7ClOS2. The Kier molecular flexibility index (Phi) is 2.41. The molecular weight excluding hydrogens is 224 g/mol. The number of phenols is 1. The van der Waals surface area contributed by atoms with Crippen molar-refractivity contribution in [2.24, 2.45) is 0 Å². The number of phenolic OH excluding ortho intramolecular Hbond substituents is 1. The normalized spacial score (nSPS) is 10.9. The van der Waals surface area contributed by atoms with Gasteiger partial charge in [-0.15, -0.1) is 35.6 Å². The molecule has 2 rings (SSSR count). The van der Waals surface area contributed by atoms with E-state index in [1.54, 1.807) is 0 Å². The number of halogens is 1. The van der Waals surface area contributed by atoms with Crippen molar-refractivity contribution in [3.8, 4) is 5.75 Å². The zero-order chi connectivity index (χ0) is 9.42. The van der Waals surface area contributed by atoms with Crippen molar-refractivity contribution in [2.45, 2.75) is 10.8 Å². The molecule has 0 radical (unpaired) electrons. The van der Waals surface area contributed by atoms with Gasteiger partial charge in [-0.3, -0.25) is 0 Å². The summed E-state index contributed by atoms with van der Waals surface area (Å²) in [7, 11) is 0. The van der Waals surface area contributed by atoms with Crippen LogP contribution in [0.1, 0.15) is 5.56 Å². The van der Waals surface area contributed by atoms with E-state index in [9.17, 15) is 5.11 Å². The van der Waals surface area contributed by atoms with Crippen LogP contribution in [0.2, 0.25) is 0 Å². The molecule has 0 bridgehead atoms. The van der Waals surface area contributed by atoms with Crippen LogP contribution in [-0.4, -0.2) is 5.11 Å². The molecule has 0 spiro atoms. The van der Waals surface area contributed by atoms with Crippen molar-refractivity contribution >= 4 is 45.7 Å². The Morgan fingerprint density at radius 2 is 2.31 bits per heavy atom. The van der Waals surface area contributed by atoms with Gasteiger partial charge < -0.3 is 5.11 Å². The standard InChI is InChI=1S/C9H7ClOS2/c10-4-6-3-5-1-2-13-9(5)7(11)8(6)12/h1-3,11-12H,4H2. The van der Waals surface area contributed by atoms with Gasteiger partial charge in [-0.2, -0.15) is 0 Å². The summed E-state index contributed by atoms with van der Waals surface area (Å²) in [5, 5.41) is 12.7. The highest BCUT2D eigenvalue weighted by Gasteiger charge is 2.09. The van der Waals surface area contributed by atoms with E-state index < -0.39 is 0 Å². The van der Waals surface area contributed by atoms with Crippen LogP contribution >= 0.6 is 35.6 Å². The van der Waals surface area contributed by atoms with Gasteiger partial charge in [0, 0.05) is 5.88 Å². The van der Waals surface area contributed by atoms with Gasteiger partial charge in [-0.25, -0.2) is 0 Å². The number of hydrogen-bond acceptors (Lipinski definition) is 3. The summed E-state index contributed by atoms with van der Waals surface area (Å²) in [5.41, 5.74) is 0.869. The highest BCUT2D eigenvalue weighted by atomic mass is 35.5. The van der Waals surface area contributed by atoms with Gasteiger partial charge >= 0.3 is 0 Å². The molecule has 68 valence electrons. The molecule has 0 saturated heterocycles. The summed E-state index contributed by atoms with van der Waals surface area (Å²) >= 11 is 11.4. The number of rotatable bonds is 1. The fourth-order valence-electron chi connectivity index (χ4n) is 1.24. The monoisotopic (exact) mass is 230 g/mol. The van der Waals surface area contributed by atoms with E-state index in [-0.39, 0.29) is 5.75 Å². The highest BCUT2D eigenvalue weighted by molar-refractivity contribution is 7.80. The molecule has 13 heavy (non-hydrogen) atoms. The predicted molar refractivity (Wildman–Crippen MR) is 60.3 cm³/mol. The minimum absolute atomic E-state index is 0.242. The molecule has 1 aromatic carbocycles. The summed E-state index contributed by atoms with van der Waals surface area (Å²) in [6.45, 7) is 0. The first-order chi connectivity index (χ1) is 6.24. The first-order valence-corrected chi connectivity index (χ1v) is 5.57. The predicted octanol–water partition coefficient (Wildman–Crippen LogP) is 3.63. The van der Waals surface area contributed by atoms with Gasteiger partial charge in [0.15, 0.2) is 0 Å². The highest BCUT2D eigenvalue weighted by Crippen LogP contribution is 2.37. The van der Waals surface area contributed by atoms with E-state index in [4.69, 9.17) is 11.6 Å². The van der Waals surface area contributed by atoms with E-state index in [2.05, 4.69) is 12.6 Å². The van der Waals surface area contributed by atoms with E-state index in [1.807, 2.05) is 17.5 Å². The molecule has 0 atom stereocenters. The topological polar surface area (TPSA) is 20.2 Å². The van der Waals surface area contributed by atoms with Crippen LogP contribution in [0, 0.1) is 0 Å². The summed E-state index contributed by atoms with van der Waals surface area (Å²) in [6, 6.07) is 3.92. The number of hydrogen-bond donors (Lipinski definition) is 2. The molecule has 1 nitrogen and oxygen atoms in total. The lowest BCUT2D eigenvalue weighted by Gasteiger charge is -2.04. The second-order valence-electron chi connectivity index (χ2n) is 2.71. The fraction of sp³-hybridized carbons (Fsp3) is 0.111. The maximum absolute atomic E-state index is 9.73.